The molecular weight excluding hydrogens is 749 g/mol. The van der Waals surface area contributed by atoms with Crippen LogP contribution in [-0.4, -0.2) is 0 Å². The maximum atomic E-state index is 2.43. The molecule has 2 nitrogen and oxygen atoms in total. The summed E-state index contributed by atoms with van der Waals surface area (Å²) in [6.07, 6.45) is 0. The molecule has 0 radical (unpaired) electrons. The summed E-state index contributed by atoms with van der Waals surface area (Å²) in [4.78, 5) is 4.85. The summed E-state index contributed by atoms with van der Waals surface area (Å²) in [6, 6.07) is 84.5. The molecule has 0 fully saturated rings. The van der Waals surface area contributed by atoms with Crippen LogP contribution in [0.3, 0.4) is 0 Å². The molecule has 0 atom stereocenters. The molecule has 0 amide bonds. The molecule has 0 aliphatic heterocycles. The standard InChI is InChI=1S/C60H44N2/c1-41-27-31-47(32-28-41)61(57-25-13-21-43-15-9-11-23-51(43)57)49-35-37-53-55(39-49)59(45-17-5-3-6-18-45)54-38-36-50(40-56(54)60(53)46-19-7-4-8-20-46)62(48-33-29-42(2)30-34-48)58-26-14-22-44-16-10-12-24-52(44)58/h3-40H,1-2H3. The third-order valence-corrected chi connectivity index (χ3v) is 12.3. The maximum Gasteiger partial charge on any atom is 0.0540 e. The van der Waals surface area contributed by atoms with Crippen LogP contribution in [0.15, 0.2) is 231 Å². The fraction of sp³-hybridized carbons (Fsp3) is 0.0333. The Morgan fingerprint density at radius 2 is 0.613 bits per heavy atom. The van der Waals surface area contributed by atoms with E-state index in [1.807, 2.05) is 0 Å². The van der Waals surface area contributed by atoms with E-state index in [2.05, 4.69) is 254 Å². The average molecular weight is 793 g/mol. The van der Waals surface area contributed by atoms with Gasteiger partial charge in [-0.1, -0.05) is 181 Å². The van der Waals surface area contributed by atoms with E-state index in [0.29, 0.717) is 0 Å². The summed E-state index contributed by atoms with van der Waals surface area (Å²) < 4.78 is 0. The zero-order chi connectivity index (χ0) is 41.6. The van der Waals surface area contributed by atoms with Gasteiger partial charge in [0.2, 0.25) is 0 Å². The number of benzene rings is 11. The molecule has 0 N–H and O–H groups in total. The van der Waals surface area contributed by atoms with Crippen LogP contribution in [0.25, 0.3) is 65.3 Å². The molecule has 0 heterocycles. The highest BCUT2D eigenvalue weighted by Crippen LogP contribution is 2.49. The van der Waals surface area contributed by atoms with Crippen LogP contribution in [0.4, 0.5) is 34.1 Å². The monoisotopic (exact) mass is 792 g/mol. The van der Waals surface area contributed by atoms with Gasteiger partial charge in [-0.15, -0.1) is 0 Å². The predicted molar refractivity (Wildman–Crippen MR) is 266 cm³/mol. The van der Waals surface area contributed by atoms with Gasteiger partial charge in [-0.25, -0.2) is 0 Å². The van der Waals surface area contributed by atoms with Crippen molar-refractivity contribution < 1.29 is 0 Å². The van der Waals surface area contributed by atoms with Crippen LogP contribution in [-0.2, 0) is 0 Å². The van der Waals surface area contributed by atoms with Crippen molar-refractivity contribution in [3.8, 4) is 22.3 Å². The van der Waals surface area contributed by atoms with Crippen molar-refractivity contribution in [1.29, 1.82) is 0 Å². The molecule has 11 aromatic rings. The Morgan fingerprint density at radius 3 is 1.03 bits per heavy atom. The summed E-state index contributed by atoms with van der Waals surface area (Å²) in [6.45, 7) is 4.30. The summed E-state index contributed by atoms with van der Waals surface area (Å²) in [5.41, 5.74) is 14.0. The lowest BCUT2D eigenvalue weighted by molar-refractivity contribution is 1.29. The second-order valence-electron chi connectivity index (χ2n) is 16.3. The highest BCUT2D eigenvalue weighted by molar-refractivity contribution is 6.23. The Labute approximate surface area is 363 Å². The summed E-state index contributed by atoms with van der Waals surface area (Å²) in [7, 11) is 0. The summed E-state index contributed by atoms with van der Waals surface area (Å²) >= 11 is 0. The highest BCUT2D eigenvalue weighted by atomic mass is 15.1. The van der Waals surface area contributed by atoms with Crippen molar-refractivity contribution in [3.63, 3.8) is 0 Å². The van der Waals surface area contributed by atoms with Crippen molar-refractivity contribution in [2.24, 2.45) is 0 Å². The largest absolute Gasteiger partial charge is 0.310 e. The number of rotatable bonds is 8. The molecule has 0 saturated heterocycles. The Balaban J connectivity index is 1.23. The quantitative estimate of drug-likeness (QED) is 0.141. The normalized spacial score (nSPS) is 11.4. The molecule has 294 valence electrons. The van der Waals surface area contributed by atoms with Gasteiger partial charge in [0, 0.05) is 33.5 Å². The maximum absolute atomic E-state index is 2.43. The predicted octanol–water partition coefficient (Wildman–Crippen LogP) is 17.2. The topological polar surface area (TPSA) is 6.48 Å². The SMILES string of the molecule is Cc1ccc(N(c2ccc3c(-c4ccccc4)c4cc(N(c5ccc(C)cc5)c5cccc6ccccc56)ccc4c(-c4ccccc4)c3c2)c2cccc3ccccc23)cc1. The van der Waals surface area contributed by atoms with Gasteiger partial charge in [0.15, 0.2) is 0 Å². The summed E-state index contributed by atoms with van der Waals surface area (Å²) in [5, 5.41) is 9.66. The van der Waals surface area contributed by atoms with E-state index in [4.69, 9.17) is 0 Å². The van der Waals surface area contributed by atoms with E-state index in [1.165, 1.54) is 76.5 Å². The minimum Gasteiger partial charge on any atom is -0.310 e. The fourth-order valence-electron chi connectivity index (χ4n) is 9.36. The number of aryl methyl sites for hydroxylation is 2. The van der Waals surface area contributed by atoms with Gasteiger partial charge >= 0.3 is 0 Å². The van der Waals surface area contributed by atoms with Gasteiger partial charge < -0.3 is 9.80 Å². The summed E-state index contributed by atoms with van der Waals surface area (Å²) in [5.74, 6) is 0. The van der Waals surface area contributed by atoms with Gasteiger partial charge in [-0.3, -0.25) is 0 Å². The Hall–Kier alpha value is -7.94. The third-order valence-electron chi connectivity index (χ3n) is 12.3. The van der Waals surface area contributed by atoms with Crippen LogP contribution >= 0.6 is 0 Å². The molecule has 0 aliphatic carbocycles. The van der Waals surface area contributed by atoms with Gasteiger partial charge in [0.05, 0.1) is 11.4 Å². The second kappa shape index (κ2) is 15.6. The van der Waals surface area contributed by atoms with Crippen molar-refractivity contribution in [2.75, 3.05) is 9.80 Å². The molecule has 11 rings (SSSR count). The van der Waals surface area contributed by atoms with Gasteiger partial charge in [0.25, 0.3) is 0 Å². The minimum absolute atomic E-state index is 1.10. The zero-order valence-corrected chi connectivity index (χ0v) is 34.8. The molecule has 2 heteroatoms. The molecule has 0 aromatic heterocycles. The van der Waals surface area contributed by atoms with Crippen molar-refractivity contribution in [2.45, 2.75) is 13.8 Å². The lowest BCUT2D eigenvalue weighted by Crippen LogP contribution is -2.11. The van der Waals surface area contributed by atoms with Crippen molar-refractivity contribution >= 4 is 77.2 Å². The zero-order valence-electron chi connectivity index (χ0n) is 34.8. The molecule has 11 aromatic carbocycles. The smallest absolute Gasteiger partial charge is 0.0540 e. The molecule has 0 bridgehead atoms. The Kier molecular flexibility index (Phi) is 9.32. The highest BCUT2D eigenvalue weighted by Gasteiger charge is 2.23. The fourth-order valence-corrected chi connectivity index (χ4v) is 9.36. The van der Waals surface area contributed by atoms with E-state index in [0.717, 1.165) is 34.1 Å². The molecule has 0 unspecified atom stereocenters. The molecule has 0 saturated carbocycles. The van der Waals surface area contributed by atoms with Crippen LogP contribution in [0.5, 0.6) is 0 Å². The van der Waals surface area contributed by atoms with Crippen LogP contribution in [0, 0.1) is 13.8 Å². The number of nitrogens with zero attached hydrogens (tertiary/aromatic N) is 2. The van der Waals surface area contributed by atoms with Crippen LogP contribution in [0.1, 0.15) is 11.1 Å². The number of hydrogen-bond acceptors (Lipinski definition) is 2. The first-order valence-electron chi connectivity index (χ1n) is 21.4. The first kappa shape index (κ1) is 37.1. The Bertz CT molecular complexity index is 3170. The van der Waals surface area contributed by atoms with Gasteiger partial charge in [-0.2, -0.15) is 0 Å². The van der Waals surface area contributed by atoms with Crippen molar-refractivity contribution in [1.82, 2.24) is 0 Å². The number of fused-ring (bicyclic) bond motifs is 4. The molecular formula is C60H44N2. The van der Waals surface area contributed by atoms with Gasteiger partial charge in [-0.05, 0) is 129 Å². The number of hydrogen-bond donors (Lipinski definition) is 0. The van der Waals surface area contributed by atoms with E-state index < -0.39 is 0 Å². The van der Waals surface area contributed by atoms with Crippen LogP contribution < -0.4 is 9.80 Å². The average Bonchev–Trinajstić information content (AvgIpc) is 3.33. The number of anilines is 6. The minimum atomic E-state index is 1.10. The molecule has 0 spiro atoms. The van der Waals surface area contributed by atoms with E-state index in [-0.39, 0.29) is 0 Å². The van der Waals surface area contributed by atoms with E-state index in [9.17, 15) is 0 Å². The van der Waals surface area contributed by atoms with E-state index >= 15 is 0 Å². The van der Waals surface area contributed by atoms with Gasteiger partial charge in [0.1, 0.15) is 0 Å². The second-order valence-corrected chi connectivity index (χ2v) is 16.3. The third kappa shape index (κ3) is 6.54. The lowest BCUT2D eigenvalue weighted by atomic mass is 9.85. The first-order chi connectivity index (χ1) is 30.6. The lowest BCUT2D eigenvalue weighted by Gasteiger charge is -2.29. The van der Waals surface area contributed by atoms with Crippen molar-refractivity contribution in [3.05, 3.63) is 242 Å². The molecule has 0 aliphatic rings. The first-order valence-corrected chi connectivity index (χ1v) is 21.4. The molecule has 62 heavy (non-hydrogen) atoms. The van der Waals surface area contributed by atoms with E-state index in [1.54, 1.807) is 0 Å². The van der Waals surface area contributed by atoms with Crippen LogP contribution in [0.2, 0.25) is 0 Å². The Morgan fingerprint density at radius 1 is 0.258 bits per heavy atom.